The third kappa shape index (κ3) is 4.47. The van der Waals surface area contributed by atoms with Gasteiger partial charge in [-0.15, -0.1) is 0 Å². The molecule has 0 bridgehead atoms. The van der Waals surface area contributed by atoms with Gasteiger partial charge in [0.05, 0.1) is 24.7 Å². The summed E-state index contributed by atoms with van der Waals surface area (Å²) in [5, 5.41) is 21.7. The summed E-state index contributed by atoms with van der Waals surface area (Å²) >= 11 is 5.70. The van der Waals surface area contributed by atoms with Crippen molar-refractivity contribution in [1.29, 1.82) is 0 Å². The SMILES string of the molecule is O=C(NCCOCCO)c1cccc(Cl)c1[N+](=O)[O-]. The minimum Gasteiger partial charge on any atom is -0.394 e. The van der Waals surface area contributed by atoms with E-state index in [0.717, 1.165) is 0 Å². The van der Waals surface area contributed by atoms with Crippen LogP contribution in [0.5, 0.6) is 0 Å². The molecule has 0 aliphatic carbocycles. The van der Waals surface area contributed by atoms with Gasteiger partial charge in [0.15, 0.2) is 0 Å². The predicted molar refractivity (Wildman–Crippen MR) is 68.3 cm³/mol. The summed E-state index contributed by atoms with van der Waals surface area (Å²) in [5.41, 5.74) is -0.516. The summed E-state index contributed by atoms with van der Waals surface area (Å²) < 4.78 is 4.95. The van der Waals surface area contributed by atoms with Gasteiger partial charge in [0.25, 0.3) is 5.91 Å². The van der Waals surface area contributed by atoms with Crippen LogP contribution >= 0.6 is 11.6 Å². The number of para-hydroxylation sites is 1. The maximum atomic E-state index is 11.8. The first-order valence-electron chi connectivity index (χ1n) is 5.47. The second-order valence-corrected chi connectivity index (χ2v) is 3.89. The fourth-order valence-electron chi connectivity index (χ4n) is 1.38. The Morgan fingerprint density at radius 1 is 1.47 bits per heavy atom. The maximum Gasteiger partial charge on any atom is 0.300 e. The molecule has 0 aliphatic rings. The van der Waals surface area contributed by atoms with Gasteiger partial charge in [-0.3, -0.25) is 14.9 Å². The molecule has 2 N–H and O–H groups in total. The van der Waals surface area contributed by atoms with Crippen LogP contribution in [0.4, 0.5) is 5.69 Å². The molecule has 0 radical (unpaired) electrons. The number of amides is 1. The third-order valence-corrected chi connectivity index (χ3v) is 2.49. The Morgan fingerprint density at radius 2 is 2.21 bits per heavy atom. The van der Waals surface area contributed by atoms with Crippen LogP contribution in [0.3, 0.4) is 0 Å². The fraction of sp³-hybridized carbons (Fsp3) is 0.364. The molecule has 1 rings (SSSR count). The number of carbonyl (C=O) groups is 1. The number of ether oxygens (including phenoxy) is 1. The molecule has 0 saturated carbocycles. The van der Waals surface area contributed by atoms with Gasteiger partial charge in [0, 0.05) is 6.54 Å². The number of carbonyl (C=O) groups excluding carboxylic acids is 1. The van der Waals surface area contributed by atoms with Crippen LogP contribution in [0.2, 0.25) is 5.02 Å². The van der Waals surface area contributed by atoms with Crippen molar-refractivity contribution in [2.75, 3.05) is 26.4 Å². The monoisotopic (exact) mass is 288 g/mol. The second kappa shape index (κ2) is 7.67. The lowest BCUT2D eigenvalue weighted by Gasteiger charge is -2.06. The molecule has 8 heteroatoms. The van der Waals surface area contributed by atoms with E-state index in [0.29, 0.717) is 0 Å². The summed E-state index contributed by atoms with van der Waals surface area (Å²) in [4.78, 5) is 21.9. The molecule has 1 aromatic carbocycles. The van der Waals surface area contributed by atoms with Crippen molar-refractivity contribution in [1.82, 2.24) is 5.32 Å². The number of halogens is 1. The van der Waals surface area contributed by atoms with Gasteiger partial charge in [0.2, 0.25) is 0 Å². The number of nitro groups is 1. The van der Waals surface area contributed by atoms with Gasteiger partial charge in [0.1, 0.15) is 10.6 Å². The largest absolute Gasteiger partial charge is 0.394 e. The number of aliphatic hydroxyl groups excluding tert-OH is 1. The molecule has 0 aromatic heterocycles. The van der Waals surface area contributed by atoms with Crippen LogP contribution in [0.1, 0.15) is 10.4 Å². The highest BCUT2D eigenvalue weighted by Gasteiger charge is 2.23. The zero-order valence-corrected chi connectivity index (χ0v) is 10.7. The molecule has 0 aliphatic heterocycles. The van der Waals surface area contributed by atoms with Crippen molar-refractivity contribution in [3.05, 3.63) is 38.9 Å². The molecule has 1 amide bonds. The second-order valence-electron chi connectivity index (χ2n) is 3.48. The summed E-state index contributed by atoms with van der Waals surface area (Å²) in [7, 11) is 0. The Kier molecular flexibility index (Phi) is 6.20. The Balaban J connectivity index is 2.67. The van der Waals surface area contributed by atoms with Crippen molar-refractivity contribution in [3.8, 4) is 0 Å². The van der Waals surface area contributed by atoms with E-state index in [-0.39, 0.29) is 37.0 Å². The fourth-order valence-corrected chi connectivity index (χ4v) is 1.63. The Hall–Kier alpha value is -1.70. The summed E-state index contributed by atoms with van der Waals surface area (Å²) in [6.45, 7) is 0.462. The molecule has 0 saturated heterocycles. The van der Waals surface area contributed by atoms with E-state index >= 15 is 0 Å². The van der Waals surface area contributed by atoms with Crippen LogP contribution in [0, 0.1) is 10.1 Å². The van der Waals surface area contributed by atoms with E-state index in [1.54, 1.807) is 0 Å². The Labute approximate surface area is 114 Å². The number of nitro benzene ring substituents is 1. The molecule has 0 fully saturated rings. The molecular weight excluding hydrogens is 276 g/mol. The molecular formula is C11H13ClN2O5. The standard InChI is InChI=1S/C11H13ClN2O5/c12-9-3-1-2-8(10(9)14(17)18)11(16)13-4-6-19-7-5-15/h1-3,15H,4-7H2,(H,13,16). The number of hydrogen-bond donors (Lipinski definition) is 2. The van der Waals surface area contributed by atoms with E-state index in [1.807, 2.05) is 0 Å². The predicted octanol–water partition coefficient (Wildman–Crippen LogP) is 0.987. The topological polar surface area (TPSA) is 102 Å². The first-order valence-corrected chi connectivity index (χ1v) is 5.85. The minimum atomic E-state index is -0.695. The number of nitrogens with one attached hydrogen (secondary N) is 1. The van der Waals surface area contributed by atoms with Gasteiger partial charge in [-0.2, -0.15) is 0 Å². The molecule has 19 heavy (non-hydrogen) atoms. The average molecular weight is 289 g/mol. The molecule has 0 unspecified atom stereocenters. The van der Waals surface area contributed by atoms with Crippen molar-refractivity contribution in [2.24, 2.45) is 0 Å². The van der Waals surface area contributed by atoms with Gasteiger partial charge >= 0.3 is 5.69 Å². The third-order valence-electron chi connectivity index (χ3n) is 2.18. The smallest absolute Gasteiger partial charge is 0.300 e. The average Bonchev–Trinajstić information content (AvgIpc) is 2.37. The summed E-state index contributed by atoms with van der Waals surface area (Å²) in [6.07, 6.45) is 0. The Morgan fingerprint density at radius 3 is 2.84 bits per heavy atom. The molecule has 7 nitrogen and oxygen atoms in total. The molecule has 0 spiro atoms. The van der Waals surface area contributed by atoms with Crippen LogP contribution < -0.4 is 5.32 Å². The lowest BCUT2D eigenvalue weighted by Crippen LogP contribution is -2.28. The van der Waals surface area contributed by atoms with Crippen LogP contribution in [-0.4, -0.2) is 42.3 Å². The van der Waals surface area contributed by atoms with E-state index < -0.39 is 16.5 Å². The highest BCUT2D eigenvalue weighted by Crippen LogP contribution is 2.27. The number of hydrogen-bond acceptors (Lipinski definition) is 5. The number of benzene rings is 1. The zero-order chi connectivity index (χ0) is 14.3. The normalized spacial score (nSPS) is 10.2. The quantitative estimate of drug-likeness (QED) is 0.442. The summed E-state index contributed by atoms with van der Waals surface area (Å²) in [5.74, 6) is -0.596. The first kappa shape index (κ1) is 15.4. The van der Waals surface area contributed by atoms with E-state index in [9.17, 15) is 14.9 Å². The van der Waals surface area contributed by atoms with E-state index in [2.05, 4.69) is 5.32 Å². The maximum absolute atomic E-state index is 11.8. The van der Waals surface area contributed by atoms with E-state index in [1.165, 1.54) is 18.2 Å². The van der Waals surface area contributed by atoms with Crippen LogP contribution in [-0.2, 0) is 4.74 Å². The zero-order valence-electron chi connectivity index (χ0n) is 9.97. The van der Waals surface area contributed by atoms with Gasteiger partial charge < -0.3 is 15.2 Å². The van der Waals surface area contributed by atoms with Crippen molar-refractivity contribution in [2.45, 2.75) is 0 Å². The van der Waals surface area contributed by atoms with Crippen LogP contribution in [0.25, 0.3) is 0 Å². The van der Waals surface area contributed by atoms with Crippen LogP contribution in [0.15, 0.2) is 18.2 Å². The first-order chi connectivity index (χ1) is 9.07. The number of nitrogens with zero attached hydrogens (tertiary/aromatic N) is 1. The van der Waals surface area contributed by atoms with Gasteiger partial charge in [-0.25, -0.2) is 0 Å². The molecule has 0 heterocycles. The number of rotatable bonds is 7. The van der Waals surface area contributed by atoms with Crippen molar-refractivity contribution >= 4 is 23.2 Å². The number of aliphatic hydroxyl groups is 1. The van der Waals surface area contributed by atoms with Gasteiger partial charge in [-0.05, 0) is 12.1 Å². The minimum absolute atomic E-state index is 0.0887. The highest BCUT2D eigenvalue weighted by atomic mass is 35.5. The van der Waals surface area contributed by atoms with Crippen molar-refractivity contribution in [3.63, 3.8) is 0 Å². The summed E-state index contributed by atoms with van der Waals surface area (Å²) in [6, 6.07) is 4.14. The highest BCUT2D eigenvalue weighted by molar-refractivity contribution is 6.33. The molecule has 1 aromatic rings. The van der Waals surface area contributed by atoms with Crippen molar-refractivity contribution < 1.29 is 19.6 Å². The lowest BCUT2D eigenvalue weighted by atomic mass is 10.1. The van der Waals surface area contributed by atoms with Gasteiger partial charge in [-0.1, -0.05) is 17.7 Å². The van der Waals surface area contributed by atoms with E-state index in [4.69, 9.17) is 21.4 Å². The Bertz CT molecular complexity index is 466. The lowest BCUT2D eigenvalue weighted by molar-refractivity contribution is -0.385. The molecule has 104 valence electrons. The molecule has 0 atom stereocenters.